The van der Waals surface area contributed by atoms with Gasteiger partial charge in [-0.25, -0.2) is 0 Å². The Morgan fingerprint density at radius 3 is 2.21 bits per heavy atom. The van der Waals surface area contributed by atoms with Gasteiger partial charge in [0.25, 0.3) is 0 Å². The number of fused-ring (bicyclic) bond motifs is 2. The van der Waals surface area contributed by atoms with Crippen molar-refractivity contribution in [2.45, 2.75) is 107 Å². The smallest absolute Gasteiger partial charge is 0.312 e. The molecule has 3 fully saturated rings. The van der Waals surface area contributed by atoms with E-state index in [1.807, 2.05) is 26.0 Å². The number of allylic oxidation sites excluding steroid dienone is 4. The number of nitrogens with zero attached hydrogens (tertiary/aromatic N) is 1. The molecule has 4 aliphatic rings. The topological polar surface area (TPSA) is 84.2 Å². The van der Waals surface area contributed by atoms with Crippen LogP contribution in [0.15, 0.2) is 23.3 Å². The molecule has 0 bridgehead atoms. The van der Waals surface area contributed by atoms with E-state index in [4.69, 9.17) is 4.74 Å². The van der Waals surface area contributed by atoms with Crippen molar-refractivity contribution in [3.8, 4) is 6.07 Å². The van der Waals surface area contributed by atoms with Crippen molar-refractivity contribution in [1.29, 1.82) is 5.26 Å². The predicted octanol–water partition coefficient (Wildman–Crippen LogP) is 7.16. The van der Waals surface area contributed by atoms with E-state index in [-0.39, 0.29) is 51.2 Å². The van der Waals surface area contributed by atoms with Gasteiger partial charge in [-0.15, -0.1) is 0 Å². The zero-order chi connectivity index (χ0) is 28.5. The molecule has 0 radical (unpaired) electrons. The van der Waals surface area contributed by atoms with E-state index in [2.05, 4.69) is 40.7 Å². The van der Waals surface area contributed by atoms with Crippen molar-refractivity contribution in [3.63, 3.8) is 0 Å². The van der Waals surface area contributed by atoms with E-state index >= 15 is 0 Å². The molecule has 0 amide bonds. The third-order valence-electron chi connectivity index (χ3n) is 12.0. The molecule has 0 heterocycles. The van der Waals surface area contributed by atoms with Crippen LogP contribution in [0, 0.1) is 55.7 Å². The molecule has 0 N–H and O–H groups in total. The van der Waals surface area contributed by atoms with E-state index in [0.717, 1.165) is 56.9 Å². The van der Waals surface area contributed by atoms with Gasteiger partial charge >= 0.3 is 5.97 Å². The lowest BCUT2D eigenvalue weighted by molar-refractivity contribution is -0.174. The minimum absolute atomic E-state index is 0.00293. The van der Waals surface area contributed by atoms with Gasteiger partial charge in [0.15, 0.2) is 11.6 Å². The number of Topliss-reactive ketones (excluding diaryl/α,β-unsaturated/α-hetero) is 1. The van der Waals surface area contributed by atoms with Gasteiger partial charge in [-0.3, -0.25) is 14.4 Å². The van der Waals surface area contributed by atoms with Gasteiger partial charge in [-0.2, -0.15) is 5.26 Å². The third kappa shape index (κ3) is 3.96. The molecule has 5 heteroatoms. The van der Waals surface area contributed by atoms with Crippen LogP contribution >= 0.6 is 0 Å². The standard InChI is InChI=1S/C33H47NO4/c1-21(35)16-25-31(7)17-22(20-34)26(36)29(4,5)24(31)10-11-32(25,8)30(6)13-15-33(27(37)38-9)14-12-28(2,3)18-23(33)19-30/h16-17,23-24H,10-15,18-19H2,1-9H3/b25-16-/t23?,24?,30-,31+,32-,33+/m1/s1. The summed E-state index contributed by atoms with van der Waals surface area (Å²) in [4.78, 5) is 39.3. The number of hydrogen-bond donors (Lipinski definition) is 0. The Hall–Kier alpha value is -2.22. The van der Waals surface area contributed by atoms with E-state index in [1.54, 1.807) is 6.92 Å². The van der Waals surface area contributed by atoms with E-state index in [1.165, 1.54) is 7.11 Å². The van der Waals surface area contributed by atoms with Crippen LogP contribution in [-0.4, -0.2) is 24.6 Å². The second kappa shape index (κ2) is 8.90. The Morgan fingerprint density at radius 1 is 1.00 bits per heavy atom. The van der Waals surface area contributed by atoms with Crippen molar-refractivity contribution in [2.75, 3.05) is 7.11 Å². The average molecular weight is 522 g/mol. The zero-order valence-electron chi connectivity index (χ0n) is 25.0. The Labute approximate surface area is 229 Å². The Balaban J connectivity index is 1.85. The Morgan fingerprint density at radius 2 is 1.63 bits per heavy atom. The third-order valence-corrected chi connectivity index (χ3v) is 12.0. The van der Waals surface area contributed by atoms with Crippen molar-refractivity contribution >= 4 is 17.5 Å². The quantitative estimate of drug-likeness (QED) is 0.291. The molecule has 0 saturated heterocycles. The Bertz CT molecular complexity index is 1170. The average Bonchev–Trinajstić information content (AvgIpc) is 2.82. The number of carbonyl (C=O) groups is 3. The summed E-state index contributed by atoms with van der Waals surface area (Å²) < 4.78 is 5.41. The van der Waals surface area contributed by atoms with Crippen LogP contribution < -0.4 is 0 Å². The molecule has 6 atom stereocenters. The molecule has 208 valence electrons. The summed E-state index contributed by atoms with van der Waals surface area (Å²) >= 11 is 0. The molecule has 38 heavy (non-hydrogen) atoms. The summed E-state index contributed by atoms with van der Waals surface area (Å²) in [5.74, 6) is 0.0666. The number of esters is 1. The van der Waals surface area contributed by atoms with Gasteiger partial charge in [-0.1, -0.05) is 60.1 Å². The van der Waals surface area contributed by atoms with Crippen molar-refractivity contribution in [1.82, 2.24) is 0 Å². The van der Waals surface area contributed by atoms with Crippen LogP contribution in [0.25, 0.3) is 0 Å². The largest absolute Gasteiger partial charge is 0.469 e. The molecular formula is C33H47NO4. The fraction of sp³-hybridized carbons (Fsp3) is 0.758. The molecule has 4 rings (SSSR count). The van der Waals surface area contributed by atoms with Crippen LogP contribution in [0.2, 0.25) is 0 Å². The molecule has 0 aromatic heterocycles. The van der Waals surface area contributed by atoms with Gasteiger partial charge in [-0.05, 0) is 92.4 Å². The summed E-state index contributed by atoms with van der Waals surface area (Å²) in [5, 5.41) is 9.91. The number of rotatable bonds is 3. The van der Waals surface area contributed by atoms with Gasteiger partial charge < -0.3 is 4.74 Å². The first-order chi connectivity index (χ1) is 17.4. The molecule has 5 nitrogen and oxygen atoms in total. The molecular weight excluding hydrogens is 474 g/mol. The van der Waals surface area contributed by atoms with Crippen LogP contribution in [0.1, 0.15) is 107 Å². The lowest BCUT2D eigenvalue weighted by Gasteiger charge is -2.65. The number of hydrogen-bond acceptors (Lipinski definition) is 5. The monoisotopic (exact) mass is 521 g/mol. The van der Waals surface area contributed by atoms with E-state index < -0.39 is 16.2 Å². The molecule has 0 aromatic rings. The zero-order valence-corrected chi connectivity index (χ0v) is 25.0. The van der Waals surface area contributed by atoms with Crippen LogP contribution in [0.3, 0.4) is 0 Å². The number of ether oxygens (including phenoxy) is 1. The fourth-order valence-electron chi connectivity index (χ4n) is 9.58. The minimum Gasteiger partial charge on any atom is -0.469 e. The second-order valence-corrected chi connectivity index (χ2v) is 15.1. The number of ketones is 2. The highest BCUT2D eigenvalue weighted by atomic mass is 16.5. The maximum atomic E-state index is 13.3. The van der Waals surface area contributed by atoms with E-state index in [9.17, 15) is 19.6 Å². The first kappa shape index (κ1) is 28.8. The van der Waals surface area contributed by atoms with Gasteiger partial charge in [0.05, 0.1) is 18.1 Å². The molecule has 4 aliphatic carbocycles. The van der Waals surface area contributed by atoms with Gasteiger partial charge in [0, 0.05) is 10.8 Å². The summed E-state index contributed by atoms with van der Waals surface area (Å²) in [7, 11) is 1.52. The molecule has 0 aromatic carbocycles. The molecule has 0 spiro atoms. The SMILES string of the molecule is COC(=O)[C@]12CCC(C)(C)CC1C[C@](C)([C@]1(C)CCC3C(C)(C)C(=O)C(C#N)=C[C@]3(C)/C1=C/C(C)=O)CC2. The highest BCUT2D eigenvalue weighted by Crippen LogP contribution is 2.71. The molecule has 3 saturated carbocycles. The maximum Gasteiger partial charge on any atom is 0.312 e. The maximum absolute atomic E-state index is 13.3. The normalized spacial score (nSPS) is 42.8. The highest BCUT2D eigenvalue weighted by Gasteiger charge is 2.65. The van der Waals surface area contributed by atoms with Crippen LogP contribution in [-0.2, 0) is 19.1 Å². The first-order valence-corrected chi connectivity index (χ1v) is 14.4. The second-order valence-electron chi connectivity index (χ2n) is 15.1. The fourth-order valence-corrected chi connectivity index (χ4v) is 9.58. The lowest BCUT2D eigenvalue weighted by atomic mass is 9.38. The summed E-state index contributed by atoms with van der Waals surface area (Å²) in [6, 6.07) is 2.18. The summed E-state index contributed by atoms with van der Waals surface area (Å²) in [6.07, 6.45) is 10.9. The summed E-state index contributed by atoms with van der Waals surface area (Å²) in [5.41, 5.74) is -0.726. The van der Waals surface area contributed by atoms with Gasteiger partial charge in [0.2, 0.25) is 0 Å². The van der Waals surface area contributed by atoms with Gasteiger partial charge in [0.1, 0.15) is 6.07 Å². The highest BCUT2D eigenvalue weighted by molar-refractivity contribution is 6.04. The van der Waals surface area contributed by atoms with Crippen LogP contribution in [0.5, 0.6) is 0 Å². The minimum atomic E-state index is -0.688. The predicted molar refractivity (Wildman–Crippen MR) is 148 cm³/mol. The van der Waals surface area contributed by atoms with Crippen LogP contribution in [0.4, 0.5) is 0 Å². The van der Waals surface area contributed by atoms with Crippen molar-refractivity contribution in [2.24, 2.45) is 44.3 Å². The number of methoxy groups -OCH3 is 1. The molecule has 0 aliphatic heterocycles. The number of nitriles is 1. The van der Waals surface area contributed by atoms with E-state index in [0.29, 0.717) is 0 Å². The summed E-state index contributed by atoms with van der Waals surface area (Å²) in [6.45, 7) is 17.0. The first-order valence-electron chi connectivity index (χ1n) is 14.4. The van der Waals surface area contributed by atoms with Crippen molar-refractivity contribution < 1.29 is 19.1 Å². The lowest BCUT2D eigenvalue weighted by Crippen LogP contribution is -2.59. The van der Waals surface area contributed by atoms with Crippen molar-refractivity contribution in [3.05, 3.63) is 23.3 Å². The number of carbonyl (C=O) groups excluding carboxylic acids is 3. The Kier molecular flexibility index (Phi) is 6.74. The molecule has 2 unspecified atom stereocenters.